The lowest BCUT2D eigenvalue weighted by atomic mass is 9.98. The fraction of sp³-hybridized carbons (Fsp3) is 0.261. The Balaban J connectivity index is 1.77. The van der Waals surface area contributed by atoms with E-state index < -0.39 is 0 Å². The van der Waals surface area contributed by atoms with Gasteiger partial charge in [-0.15, -0.1) is 0 Å². The van der Waals surface area contributed by atoms with E-state index >= 15 is 0 Å². The van der Waals surface area contributed by atoms with Crippen LogP contribution in [0.4, 0.5) is 17.3 Å². The van der Waals surface area contributed by atoms with Crippen molar-refractivity contribution in [3.05, 3.63) is 71.5 Å². The lowest BCUT2D eigenvalue weighted by Crippen LogP contribution is -2.15. The Morgan fingerprint density at radius 1 is 1.10 bits per heavy atom. The summed E-state index contributed by atoms with van der Waals surface area (Å²) in [6.45, 7) is 8.85. The van der Waals surface area contributed by atoms with E-state index in [2.05, 4.69) is 40.5 Å². The van der Waals surface area contributed by atoms with Crippen molar-refractivity contribution in [3.63, 3.8) is 0 Å². The van der Waals surface area contributed by atoms with Crippen LogP contribution in [0.25, 0.3) is 0 Å². The van der Waals surface area contributed by atoms with Crippen molar-refractivity contribution in [2.75, 3.05) is 17.2 Å². The van der Waals surface area contributed by atoms with Crippen LogP contribution in [-0.4, -0.2) is 22.5 Å². The minimum atomic E-state index is -0.298. The maximum atomic E-state index is 12.6. The van der Waals surface area contributed by atoms with Gasteiger partial charge >= 0.3 is 0 Å². The number of amides is 1. The third-order valence-electron chi connectivity index (χ3n) is 4.48. The average molecular weight is 390 g/mol. The normalized spacial score (nSPS) is 10.7. The van der Waals surface area contributed by atoms with E-state index in [1.165, 1.54) is 5.56 Å². The zero-order valence-corrected chi connectivity index (χ0v) is 17.2. The molecule has 3 aromatic rings. The van der Waals surface area contributed by atoms with Crippen LogP contribution in [0.15, 0.2) is 54.7 Å². The van der Waals surface area contributed by atoms with Crippen LogP contribution in [0, 0.1) is 6.92 Å². The van der Waals surface area contributed by atoms with Gasteiger partial charge in [-0.25, -0.2) is 9.97 Å². The number of rotatable bonds is 7. The van der Waals surface area contributed by atoms with Gasteiger partial charge in [-0.1, -0.05) is 32.0 Å². The van der Waals surface area contributed by atoms with E-state index in [-0.39, 0.29) is 11.6 Å². The Morgan fingerprint density at radius 2 is 1.86 bits per heavy atom. The van der Waals surface area contributed by atoms with E-state index in [1.807, 2.05) is 38.1 Å². The van der Waals surface area contributed by atoms with E-state index in [4.69, 9.17) is 4.74 Å². The molecule has 2 N–H and O–H groups in total. The molecule has 0 aliphatic rings. The topological polar surface area (TPSA) is 76.1 Å². The van der Waals surface area contributed by atoms with Crippen molar-refractivity contribution in [2.24, 2.45) is 0 Å². The molecule has 0 saturated heterocycles. The lowest BCUT2D eigenvalue weighted by molar-refractivity contribution is 0.102. The summed E-state index contributed by atoms with van der Waals surface area (Å²) < 4.78 is 5.42. The van der Waals surface area contributed by atoms with Gasteiger partial charge in [0.15, 0.2) is 0 Å². The fourth-order valence-electron chi connectivity index (χ4n) is 3.00. The number of aryl methyl sites for hydroxylation is 1. The number of nitrogens with zero attached hydrogens (tertiary/aromatic N) is 2. The first kappa shape index (κ1) is 20.3. The van der Waals surface area contributed by atoms with Crippen molar-refractivity contribution >= 4 is 23.2 Å². The number of aromatic nitrogens is 2. The van der Waals surface area contributed by atoms with Gasteiger partial charge in [0.25, 0.3) is 5.91 Å². The van der Waals surface area contributed by atoms with Crippen LogP contribution >= 0.6 is 0 Å². The molecule has 0 aliphatic heterocycles. The summed E-state index contributed by atoms with van der Waals surface area (Å²) in [6, 6.07) is 15.0. The minimum Gasteiger partial charge on any atom is -0.494 e. The van der Waals surface area contributed by atoms with Gasteiger partial charge < -0.3 is 15.4 Å². The molecule has 0 unspecified atom stereocenters. The number of benzene rings is 2. The molecular weight excluding hydrogens is 364 g/mol. The lowest BCUT2D eigenvalue weighted by Gasteiger charge is -2.16. The Hall–Kier alpha value is -3.41. The van der Waals surface area contributed by atoms with Crippen LogP contribution in [-0.2, 0) is 0 Å². The molecule has 29 heavy (non-hydrogen) atoms. The quantitative estimate of drug-likeness (QED) is 0.572. The van der Waals surface area contributed by atoms with Gasteiger partial charge in [0.1, 0.15) is 11.4 Å². The molecule has 6 nitrogen and oxygen atoms in total. The summed E-state index contributed by atoms with van der Waals surface area (Å²) in [5.41, 5.74) is 4.22. The monoisotopic (exact) mass is 390 g/mol. The van der Waals surface area contributed by atoms with E-state index in [0.717, 1.165) is 17.0 Å². The van der Waals surface area contributed by atoms with Gasteiger partial charge in [0.05, 0.1) is 6.61 Å². The highest BCUT2D eigenvalue weighted by Gasteiger charge is 2.13. The summed E-state index contributed by atoms with van der Waals surface area (Å²) in [5.74, 6) is 1.20. The molecule has 2 aromatic carbocycles. The largest absolute Gasteiger partial charge is 0.494 e. The number of nitrogens with one attached hydrogen (secondary N) is 2. The molecule has 1 heterocycles. The summed E-state index contributed by atoms with van der Waals surface area (Å²) in [7, 11) is 0. The van der Waals surface area contributed by atoms with E-state index in [9.17, 15) is 4.79 Å². The molecule has 6 heteroatoms. The number of hydrogen-bond acceptors (Lipinski definition) is 5. The molecule has 0 fully saturated rings. The zero-order valence-electron chi connectivity index (χ0n) is 17.2. The number of carbonyl (C=O) groups excluding carboxylic acids is 1. The fourth-order valence-corrected chi connectivity index (χ4v) is 3.00. The van der Waals surface area contributed by atoms with Crippen molar-refractivity contribution in [1.29, 1.82) is 0 Å². The molecule has 150 valence electrons. The Labute approximate surface area is 171 Å². The number of ether oxygens (including phenoxy) is 1. The summed E-state index contributed by atoms with van der Waals surface area (Å²) >= 11 is 0. The third-order valence-corrected chi connectivity index (χ3v) is 4.48. The Morgan fingerprint density at radius 3 is 2.55 bits per heavy atom. The van der Waals surface area contributed by atoms with Gasteiger partial charge in [-0.05, 0) is 61.2 Å². The molecule has 0 saturated carbocycles. The second-order valence-electron chi connectivity index (χ2n) is 7.00. The van der Waals surface area contributed by atoms with Crippen LogP contribution in [0.3, 0.4) is 0 Å². The van der Waals surface area contributed by atoms with Gasteiger partial charge in [-0.3, -0.25) is 4.79 Å². The van der Waals surface area contributed by atoms with Crippen LogP contribution in [0.1, 0.15) is 48.3 Å². The third kappa shape index (κ3) is 5.10. The van der Waals surface area contributed by atoms with Gasteiger partial charge in [0, 0.05) is 17.6 Å². The first-order chi connectivity index (χ1) is 14.0. The smallest absolute Gasteiger partial charge is 0.274 e. The molecule has 0 spiro atoms. The molecule has 3 rings (SSSR count). The number of carbonyl (C=O) groups is 1. The SMILES string of the molecule is CCOc1ccc(NC(=O)c2ccnc(Nc3c(C)cccc3C(C)C)n2)cc1. The number of para-hydroxylation sites is 1. The maximum absolute atomic E-state index is 12.6. The average Bonchev–Trinajstić information content (AvgIpc) is 2.71. The number of hydrogen-bond donors (Lipinski definition) is 2. The summed E-state index contributed by atoms with van der Waals surface area (Å²) in [6.07, 6.45) is 1.58. The predicted molar refractivity (Wildman–Crippen MR) is 116 cm³/mol. The van der Waals surface area contributed by atoms with Crippen molar-refractivity contribution in [2.45, 2.75) is 33.6 Å². The maximum Gasteiger partial charge on any atom is 0.274 e. The van der Waals surface area contributed by atoms with E-state index in [1.54, 1.807) is 24.4 Å². The Bertz CT molecular complexity index is 984. The van der Waals surface area contributed by atoms with Crippen molar-refractivity contribution in [1.82, 2.24) is 9.97 Å². The van der Waals surface area contributed by atoms with Crippen molar-refractivity contribution < 1.29 is 9.53 Å². The molecule has 0 aliphatic carbocycles. The highest BCUT2D eigenvalue weighted by molar-refractivity contribution is 6.03. The Kier molecular flexibility index (Phi) is 6.44. The minimum absolute atomic E-state index is 0.288. The summed E-state index contributed by atoms with van der Waals surface area (Å²) in [4.78, 5) is 21.3. The first-order valence-electron chi connectivity index (χ1n) is 9.71. The predicted octanol–water partition coefficient (Wildman–Crippen LogP) is 5.30. The van der Waals surface area contributed by atoms with E-state index in [0.29, 0.717) is 24.2 Å². The highest BCUT2D eigenvalue weighted by Crippen LogP contribution is 2.29. The van der Waals surface area contributed by atoms with Gasteiger partial charge in [0.2, 0.25) is 5.95 Å². The second-order valence-corrected chi connectivity index (χ2v) is 7.00. The highest BCUT2D eigenvalue weighted by atomic mass is 16.5. The molecular formula is C23H26N4O2. The zero-order chi connectivity index (χ0) is 20.8. The van der Waals surface area contributed by atoms with Gasteiger partial charge in [-0.2, -0.15) is 0 Å². The second kappa shape index (κ2) is 9.19. The standard InChI is InChI=1S/C23H26N4O2/c1-5-29-18-11-9-17(10-12-18)25-22(28)20-13-14-24-23(26-20)27-21-16(4)7-6-8-19(21)15(2)3/h6-15H,5H2,1-4H3,(H,25,28)(H,24,26,27). The van der Waals surface area contributed by atoms with Crippen LogP contribution in [0.2, 0.25) is 0 Å². The summed E-state index contributed by atoms with van der Waals surface area (Å²) in [5, 5.41) is 6.13. The molecule has 0 atom stereocenters. The number of anilines is 3. The molecule has 1 aromatic heterocycles. The molecule has 0 radical (unpaired) electrons. The molecule has 0 bridgehead atoms. The van der Waals surface area contributed by atoms with Crippen molar-refractivity contribution in [3.8, 4) is 5.75 Å². The first-order valence-corrected chi connectivity index (χ1v) is 9.71. The van der Waals surface area contributed by atoms with Crippen LogP contribution < -0.4 is 15.4 Å². The molecule has 1 amide bonds. The van der Waals surface area contributed by atoms with Crippen LogP contribution in [0.5, 0.6) is 5.75 Å².